The highest BCUT2D eigenvalue weighted by atomic mass is 28.2. The molecule has 0 aliphatic heterocycles. The summed E-state index contributed by atoms with van der Waals surface area (Å²) in [6, 6.07) is 17.4. The summed E-state index contributed by atoms with van der Waals surface area (Å²) in [7, 11) is -0.339. The molecule has 2 aromatic carbocycles. The standard InChI is InChI=1S/C19H18Si/c1-2-15-10-12-18(13-11-15)20-19-9-5-8-16-6-3-4-7-17(16)14-19/h2-14,19H,1,20H2. The lowest BCUT2D eigenvalue weighted by molar-refractivity contribution is 1.42. The fourth-order valence-electron chi connectivity index (χ4n) is 2.59. The zero-order chi connectivity index (χ0) is 13.8. The second-order valence-electron chi connectivity index (χ2n) is 5.16. The number of hydrogen-bond donors (Lipinski definition) is 0. The Bertz CT molecular complexity index is 751. The highest BCUT2D eigenvalue weighted by molar-refractivity contribution is 6.57. The molecule has 2 aromatic rings. The largest absolute Gasteiger partial charge is 0.0985 e. The quantitative estimate of drug-likeness (QED) is 0.748. The first kappa shape index (κ1) is 12.9. The topological polar surface area (TPSA) is 0 Å². The molecule has 0 aromatic heterocycles. The molecule has 0 nitrogen and oxygen atoms in total. The zero-order valence-electron chi connectivity index (χ0n) is 11.5. The predicted octanol–water partition coefficient (Wildman–Crippen LogP) is 1.74. The van der Waals surface area contributed by atoms with Crippen LogP contribution in [0.25, 0.3) is 18.2 Å². The molecule has 0 spiro atoms. The number of fused-ring (bicyclic) bond motifs is 1. The Kier molecular flexibility index (Phi) is 3.80. The Morgan fingerprint density at radius 3 is 2.45 bits per heavy atom. The maximum atomic E-state index is 3.80. The van der Waals surface area contributed by atoms with Crippen molar-refractivity contribution < 1.29 is 0 Å². The summed E-state index contributed by atoms with van der Waals surface area (Å²) in [4.78, 5) is 0. The van der Waals surface area contributed by atoms with E-state index in [1.165, 1.54) is 21.2 Å². The smallest absolute Gasteiger partial charge is 0.0664 e. The molecule has 1 atom stereocenters. The van der Waals surface area contributed by atoms with Crippen LogP contribution in [-0.4, -0.2) is 9.52 Å². The summed E-state index contributed by atoms with van der Waals surface area (Å²) >= 11 is 0. The summed E-state index contributed by atoms with van der Waals surface area (Å²) in [5.74, 6) is 0. The van der Waals surface area contributed by atoms with Gasteiger partial charge in [0.15, 0.2) is 0 Å². The molecule has 20 heavy (non-hydrogen) atoms. The molecular weight excluding hydrogens is 256 g/mol. The normalized spacial score (nSPS) is 17.1. The number of rotatable bonds is 3. The number of allylic oxidation sites excluding steroid dienone is 2. The molecule has 0 amide bonds. The van der Waals surface area contributed by atoms with Gasteiger partial charge >= 0.3 is 0 Å². The second kappa shape index (κ2) is 5.89. The number of hydrogen-bond acceptors (Lipinski definition) is 0. The Hall–Kier alpha value is -2.12. The van der Waals surface area contributed by atoms with Crippen LogP contribution in [0.5, 0.6) is 0 Å². The van der Waals surface area contributed by atoms with Crippen LogP contribution < -0.4 is 15.6 Å². The summed E-state index contributed by atoms with van der Waals surface area (Å²) in [5.41, 5.74) is 1.78. The van der Waals surface area contributed by atoms with E-state index in [9.17, 15) is 0 Å². The molecule has 0 bridgehead atoms. The van der Waals surface area contributed by atoms with E-state index >= 15 is 0 Å². The van der Waals surface area contributed by atoms with Crippen LogP contribution in [0.3, 0.4) is 0 Å². The van der Waals surface area contributed by atoms with E-state index in [4.69, 9.17) is 0 Å². The van der Waals surface area contributed by atoms with Gasteiger partial charge in [-0.05, 0) is 21.5 Å². The van der Waals surface area contributed by atoms with Gasteiger partial charge < -0.3 is 0 Å². The Labute approximate surface area is 122 Å². The van der Waals surface area contributed by atoms with E-state index in [1.54, 1.807) is 0 Å². The maximum absolute atomic E-state index is 3.80. The van der Waals surface area contributed by atoms with Crippen LogP contribution >= 0.6 is 0 Å². The van der Waals surface area contributed by atoms with Crippen molar-refractivity contribution in [2.24, 2.45) is 0 Å². The van der Waals surface area contributed by atoms with Gasteiger partial charge in [-0.3, -0.25) is 0 Å². The molecule has 0 fully saturated rings. The van der Waals surface area contributed by atoms with Gasteiger partial charge in [-0.15, -0.1) is 0 Å². The van der Waals surface area contributed by atoms with Gasteiger partial charge in [0.2, 0.25) is 0 Å². The van der Waals surface area contributed by atoms with Crippen molar-refractivity contribution >= 4 is 32.9 Å². The number of benzene rings is 2. The molecule has 0 saturated carbocycles. The second-order valence-corrected chi connectivity index (χ2v) is 7.33. The molecule has 1 aliphatic rings. The highest BCUT2D eigenvalue weighted by Gasteiger charge is 2.05. The molecule has 3 rings (SSSR count). The molecule has 0 saturated heterocycles. The van der Waals surface area contributed by atoms with Crippen LogP contribution in [-0.2, 0) is 0 Å². The third-order valence-electron chi connectivity index (χ3n) is 3.71. The van der Waals surface area contributed by atoms with Gasteiger partial charge in [0.25, 0.3) is 0 Å². The SMILES string of the molecule is C=Cc1ccc([SiH2]C2C=CC=c3ccccc3=C2)cc1. The van der Waals surface area contributed by atoms with Gasteiger partial charge in [-0.1, -0.05) is 90.7 Å². The zero-order valence-corrected chi connectivity index (χ0v) is 12.9. The predicted molar refractivity (Wildman–Crippen MR) is 92.2 cm³/mol. The maximum Gasteiger partial charge on any atom is 0.0664 e. The van der Waals surface area contributed by atoms with Crippen molar-refractivity contribution in [3.63, 3.8) is 0 Å². The molecule has 98 valence electrons. The van der Waals surface area contributed by atoms with Gasteiger partial charge in [-0.2, -0.15) is 0 Å². The van der Waals surface area contributed by atoms with Gasteiger partial charge in [0.1, 0.15) is 0 Å². The van der Waals surface area contributed by atoms with Gasteiger partial charge in [0, 0.05) is 0 Å². The molecule has 1 heteroatoms. The third kappa shape index (κ3) is 2.89. The summed E-state index contributed by atoms with van der Waals surface area (Å²) < 4.78 is 0. The lowest BCUT2D eigenvalue weighted by Crippen LogP contribution is -2.25. The molecule has 1 unspecified atom stereocenters. The minimum atomic E-state index is -0.339. The van der Waals surface area contributed by atoms with Gasteiger partial charge in [-0.25, -0.2) is 0 Å². The third-order valence-corrected chi connectivity index (χ3v) is 5.63. The monoisotopic (exact) mass is 274 g/mol. The van der Waals surface area contributed by atoms with Crippen LogP contribution in [0, 0.1) is 0 Å². The summed E-state index contributed by atoms with van der Waals surface area (Å²) in [5, 5.41) is 4.18. The lowest BCUT2D eigenvalue weighted by atomic mass is 10.2. The fraction of sp³-hybridized carbons (Fsp3) is 0.0526. The first-order valence-electron chi connectivity index (χ1n) is 7.02. The van der Waals surface area contributed by atoms with E-state index in [2.05, 4.69) is 79.4 Å². The molecule has 1 aliphatic carbocycles. The van der Waals surface area contributed by atoms with Crippen molar-refractivity contribution in [2.45, 2.75) is 5.54 Å². The Morgan fingerprint density at radius 2 is 1.70 bits per heavy atom. The van der Waals surface area contributed by atoms with Crippen molar-refractivity contribution in [2.75, 3.05) is 0 Å². The van der Waals surface area contributed by atoms with Crippen molar-refractivity contribution in [1.29, 1.82) is 0 Å². The molecule has 0 radical (unpaired) electrons. The average Bonchev–Trinajstić information content (AvgIpc) is 2.69. The van der Waals surface area contributed by atoms with Crippen LogP contribution in [0.2, 0.25) is 5.54 Å². The van der Waals surface area contributed by atoms with Crippen LogP contribution in [0.15, 0.2) is 67.3 Å². The minimum absolute atomic E-state index is 0.339. The molecular formula is C19H18Si. The van der Waals surface area contributed by atoms with Crippen molar-refractivity contribution in [1.82, 2.24) is 0 Å². The molecule has 0 N–H and O–H groups in total. The lowest BCUT2D eigenvalue weighted by Gasteiger charge is -2.07. The molecule has 0 heterocycles. The summed E-state index contributed by atoms with van der Waals surface area (Å²) in [6.07, 6.45) is 11.1. The van der Waals surface area contributed by atoms with Crippen molar-refractivity contribution in [3.05, 3.63) is 83.3 Å². The minimum Gasteiger partial charge on any atom is -0.0985 e. The van der Waals surface area contributed by atoms with Crippen LogP contribution in [0.1, 0.15) is 5.56 Å². The van der Waals surface area contributed by atoms with Crippen molar-refractivity contribution in [3.8, 4) is 0 Å². The fourth-order valence-corrected chi connectivity index (χ4v) is 4.31. The van der Waals surface area contributed by atoms with E-state index in [0.717, 1.165) is 0 Å². The van der Waals surface area contributed by atoms with E-state index in [1.807, 2.05) is 6.08 Å². The van der Waals surface area contributed by atoms with Gasteiger partial charge in [0.05, 0.1) is 9.52 Å². The van der Waals surface area contributed by atoms with E-state index in [-0.39, 0.29) is 9.52 Å². The average molecular weight is 274 g/mol. The highest BCUT2D eigenvalue weighted by Crippen LogP contribution is 2.09. The van der Waals surface area contributed by atoms with E-state index < -0.39 is 0 Å². The first-order chi connectivity index (χ1) is 9.85. The first-order valence-corrected chi connectivity index (χ1v) is 8.54. The Balaban J connectivity index is 1.87. The summed E-state index contributed by atoms with van der Waals surface area (Å²) in [6.45, 7) is 3.80. The van der Waals surface area contributed by atoms with E-state index in [0.29, 0.717) is 5.54 Å². The Morgan fingerprint density at radius 1 is 0.950 bits per heavy atom. The van der Waals surface area contributed by atoms with Crippen LogP contribution in [0.4, 0.5) is 0 Å².